The monoisotopic (exact) mass is 207 g/mol. The summed E-state index contributed by atoms with van der Waals surface area (Å²) < 4.78 is 27.0. The normalized spacial score (nSPS) is 14.3. The van der Waals surface area contributed by atoms with E-state index in [0.29, 0.717) is 5.56 Å². The van der Waals surface area contributed by atoms with Crippen molar-refractivity contribution in [3.8, 4) is 0 Å². The molecule has 0 saturated carbocycles. The van der Waals surface area contributed by atoms with Gasteiger partial charge in [0.25, 0.3) is 0 Å². The van der Waals surface area contributed by atoms with Gasteiger partial charge in [-0.3, -0.25) is 0 Å². The van der Waals surface area contributed by atoms with Gasteiger partial charge < -0.3 is 0 Å². The molecule has 0 heterocycles. The van der Waals surface area contributed by atoms with E-state index in [4.69, 9.17) is 0 Å². The first-order valence-corrected chi connectivity index (χ1v) is 4.59. The van der Waals surface area contributed by atoms with Crippen LogP contribution in [0.5, 0.6) is 0 Å². The number of alkyl halides is 2. The Morgan fingerprint density at radius 1 is 1.07 bits per heavy atom. The first-order chi connectivity index (χ1) is 7.11. The summed E-state index contributed by atoms with van der Waals surface area (Å²) in [4.78, 5) is 0. The first kappa shape index (κ1) is 11.6. The molecule has 2 heteroatoms. The smallest absolute Gasteiger partial charge is 0.144 e. The van der Waals surface area contributed by atoms with Crippen molar-refractivity contribution in [2.75, 3.05) is 0 Å². The Bertz CT molecular complexity index is 369. The molecule has 1 rings (SSSR count). The van der Waals surface area contributed by atoms with Crippen LogP contribution in [0.2, 0.25) is 0 Å². The van der Waals surface area contributed by atoms with E-state index in [2.05, 4.69) is 20.1 Å². The molecule has 0 bridgehead atoms. The molecule has 0 fully saturated rings. The summed E-state index contributed by atoms with van der Waals surface area (Å²) in [6, 6.07) is 4.82. The Labute approximate surface area is 88.9 Å². The van der Waals surface area contributed by atoms with E-state index in [1.807, 2.05) is 0 Å². The van der Waals surface area contributed by atoms with Gasteiger partial charge in [0.2, 0.25) is 0 Å². The maximum atomic E-state index is 13.5. The third kappa shape index (κ3) is 2.32. The van der Waals surface area contributed by atoms with Gasteiger partial charge in [-0.2, -0.15) is 0 Å². The summed E-state index contributed by atoms with van der Waals surface area (Å²) in [5.41, 5.74) is 0.995. The van der Waals surface area contributed by atoms with Crippen LogP contribution in [0.1, 0.15) is 29.0 Å². The zero-order chi connectivity index (χ0) is 11.4. The van der Waals surface area contributed by atoms with Crippen molar-refractivity contribution >= 4 is 0 Å². The molecule has 2 unspecified atom stereocenters. The largest absolute Gasteiger partial charge is 0.238 e. The van der Waals surface area contributed by atoms with Gasteiger partial charge in [-0.1, -0.05) is 43.5 Å². The molecule has 0 amide bonds. The molecule has 0 aliphatic rings. The Morgan fingerprint density at radius 3 is 2.20 bits per heavy atom. The lowest BCUT2D eigenvalue weighted by Crippen LogP contribution is -2.00. The van der Waals surface area contributed by atoms with Crippen LogP contribution in [0.3, 0.4) is 0 Å². The fourth-order valence-corrected chi connectivity index (χ4v) is 1.45. The SMILES string of the molecule is [CH2]c1cccc(C(F)C=C)c1C(F)C=C. The Kier molecular flexibility index (Phi) is 3.78. The Balaban J connectivity index is 3.31. The van der Waals surface area contributed by atoms with E-state index in [1.165, 1.54) is 6.07 Å². The summed E-state index contributed by atoms with van der Waals surface area (Å²) >= 11 is 0. The van der Waals surface area contributed by atoms with E-state index in [9.17, 15) is 8.78 Å². The number of rotatable bonds is 4. The molecule has 2 atom stereocenters. The molecule has 1 aromatic carbocycles. The first-order valence-electron chi connectivity index (χ1n) is 4.59. The van der Waals surface area contributed by atoms with Crippen LogP contribution >= 0.6 is 0 Å². The quantitative estimate of drug-likeness (QED) is 0.647. The van der Waals surface area contributed by atoms with Crippen LogP contribution in [-0.2, 0) is 0 Å². The highest BCUT2D eigenvalue weighted by atomic mass is 19.1. The average Bonchev–Trinajstić information content (AvgIpc) is 2.26. The van der Waals surface area contributed by atoms with Crippen molar-refractivity contribution < 1.29 is 8.78 Å². The van der Waals surface area contributed by atoms with Crippen LogP contribution in [-0.4, -0.2) is 0 Å². The average molecular weight is 207 g/mol. The zero-order valence-electron chi connectivity index (χ0n) is 8.42. The Morgan fingerprint density at radius 2 is 1.67 bits per heavy atom. The predicted octanol–water partition coefficient (Wildman–Crippen LogP) is 4.26. The minimum absolute atomic E-state index is 0.250. The highest BCUT2D eigenvalue weighted by Gasteiger charge is 2.18. The third-order valence-electron chi connectivity index (χ3n) is 2.22. The van der Waals surface area contributed by atoms with Crippen LogP contribution in [0.25, 0.3) is 0 Å². The predicted molar refractivity (Wildman–Crippen MR) is 59.0 cm³/mol. The molecule has 0 saturated heterocycles. The highest BCUT2D eigenvalue weighted by Crippen LogP contribution is 2.32. The fraction of sp³-hybridized carbons (Fsp3) is 0.154. The van der Waals surface area contributed by atoms with Crippen LogP contribution in [0.4, 0.5) is 8.78 Å². The van der Waals surface area contributed by atoms with Gasteiger partial charge in [-0.15, -0.1) is 0 Å². The summed E-state index contributed by atoms with van der Waals surface area (Å²) in [6.07, 6.45) is -0.510. The second-order valence-corrected chi connectivity index (χ2v) is 3.19. The number of hydrogen-bond donors (Lipinski definition) is 0. The number of hydrogen-bond acceptors (Lipinski definition) is 0. The van der Waals surface area contributed by atoms with Crippen molar-refractivity contribution in [3.63, 3.8) is 0 Å². The van der Waals surface area contributed by atoms with Crippen molar-refractivity contribution in [1.82, 2.24) is 0 Å². The molecule has 0 aliphatic heterocycles. The van der Waals surface area contributed by atoms with Crippen LogP contribution in [0, 0.1) is 6.92 Å². The topological polar surface area (TPSA) is 0 Å². The maximum Gasteiger partial charge on any atom is 0.144 e. The second kappa shape index (κ2) is 4.87. The fourth-order valence-electron chi connectivity index (χ4n) is 1.45. The van der Waals surface area contributed by atoms with E-state index < -0.39 is 12.3 Å². The summed E-state index contributed by atoms with van der Waals surface area (Å²) in [5.74, 6) is 0. The molecular formula is C13H13F2. The van der Waals surface area contributed by atoms with E-state index >= 15 is 0 Å². The molecule has 79 valence electrons. The molecule has 0 aromatic heterocycles. The zero-order valence-corrected chi connectivity index (χ0v) is 8.42. The third-order valence-corrected chi connectivity index (χ3v) is 2.22. The van der Waals surface area contributed by atoms with Crippen LogP contribution in [0.15, 0.2) is 43.5 Å². The molecule has 1 radical (unpaired) electrons. The van der Waals surface area contributed by atoms with Gasteiger partial charge in [-0.05, 0) is 23.6 Å². The molecule has 0 N–H and O–H groups in total. The van der Waals surface area contributed by atoms with Gasteiger partial charge >= 0.3 is 0 Å². The molecule has 0 spiro atoms. The molecule has 0 nitrogen and oxygen atoms in total. The molecular weight excluding hydrogens is 194 g/mol. The van der Waals surface area contributed by atoms with E-state index in [1.54, 1.807) is 12.1 Å². The van der Waals surface area contributed by atoms with E-state index in [-0.39, 0.29) is 11.1 Å². The van der Waals surface area contributed by atoms with E-state index in [0.717, 1.165) is 12.2 Å². The summed E-state index contributed by atoms with van der Waals surface area (Å²) in [7, 11) is 0. The number of halogens is 2. The lowest BCUT2D eigenvalue weighted by atomic mass is 9.95. The standard InChI is InChI=1S/C13H13F2/c1-4-11(14)10-8-6-7-9(3)13(10)12(15)5-2/h4-8,11-12H,1-3H2. The Hall–Kier alpha value is -1.44. The van der Waals surface area contributed by atoms with Crippen molar-refractivity contribution in [1.29, 1.82) is 0 Å². The number of allylic oxidation sites excluding steroid dienone is 2. The van der Waals surface area contributed by atoms with Gasteiger partial charge in [0.15, 0.2) is 0 Å². The van der Waals surface area contributed by atoms with Crippen molar-refractivity contribution in [3.05, 3.63) is 67.1 Å². The second-order valence-electron chi connectivity index (χ2n) is 3.19. The molecule has 0 aliphatic carbocycles. The minimum atomic E-state index is -1.40. The highest BCUT2D eigenvalue weighted by molar-refractivity contribution is 5.42. The van der Waals surface area contributed by atoms with Gasteiger partial charge in [0.1, 0.15) is 12.3 Å². The van der Waals surface area contributed by atoms with Crippen molar-refractivity contribution in [2.45, 2.75) is 12.3 Å². The lowest BCUT2D eigenvalue weighted by molar-refractivity contribution is 0.382. The number of benzene rings is 1. The van der Waals surface area contributed by atoms with Crippen LogP contribution < -0.4 is 0 Å². The minimum Gasteiger partial charge on any atom is -0.238 e. The maximum absolute atomic E-state index is 13.5. The summed E-state index contributed by atoms with van der Waals surface area (Å²) in [5, 5.41) is 0. The van der Waals surface area contributed by atoms with Crippen molar-refractivity contribution in [2.24, 2.45) is 0 Å². The molecule has 1 aromatic rings. The van der Waals surface area contributed by atoms with Gasteiger partial charge in [0.05, 0.1) is 0 Å². The summed E-state index contributed by atoms with van der Waals surface area (Å²) in [6.45, 7) is 10.4. The molecule has 15 heavy (non-hydrogen) atoms. The lowest BCUT2D eigenvalue weighted by Gasteiger charge is -2.15. The van der Waals surface area contributed by atoms with Gasteiger partial charge in [-0.25, -0.2) is 8.78 Å². The van der Waals surface area contributed by atoms with Gasteiger partial charge in [0, 0.05) is 0 Å².